The largest absolute Gasteiger partial charge is 0.298 e. The minimum Gasteiger partial charge on any atom is -0.298 e. The van der Waals surface area contributed by atoms with Gasteiger partial charge in [-0.2, -0.15) is 0 Å². The molecule has 0 fully saturated rings. The molecule has 0 radical (unpaired) electrons. The maximum Gasteiger partial charge on any atom is 0.258 e. The van der Waals surface area contributed by atoms with Crippen LogP contribution in [-0.2, 0) is 19.3 Å². The lowest BCUT2D eigenvalue weighted by atomic mass is 9.86. The molecule has 1 N–H and O–H groups in total. The second kappa shape index (κ2) is 8.13. The second-order valence-corrected chi connectivity index (χ2v) is 9.41. The lowest BCUT2D eigenvalue weighted by Gasteiger charge is -2.21. The molecule has 1 atom stereocenters. The van der Waals surface area contributed by atoms with Crippen molar-refractivity contribution in [3.8, 4) is 0 Å². The van der Waals surface area contributed by atoms with Crippen LogP contribution in [0.25, 0.3) is 0 Å². The van der Waals surface area contributed by atoms with Gasteiger partial charge in [0.15, 0.2) is 5.13 Å². The number of rotatable bonds is 5. The van der Waals surface area contributed by atoms with Gasteiger partial charge in [0.05, 0.1) is 5.56 Å². The van der Waals surface area contributed by atoms with Crippen LogP contribution in [0.4, 0.5) is 5.13 Å². The molecule has 1 unspecified atom stereocenters. The van der Waals surface area contributed by atoms with Gasteiger partial charge >= 0.3 is 0 Å². The maximum absolute atomic E-state index is 12.8. The van der Waals surface area contributed by atoms with E-state index in [1.54, 1.807) is 11.3 Å². The maximum atomic E-state index is 12.8. The van der Waals surface area contributed by atoms with Crippen LogP contribution in [-0.4, -0.2) is 10.9 Å². The molecule has 1 amide bonds. The molecule has 140 valence electrons. The normalized spacial score (nSPS) is 16.1. The van der Waals surface area contributed by atoms with Crippen molar-refractivity contribution >= 4 is 45.3 Å². The number of hydrogen-bond acceptors (Lipinski definition) is 4. The lowest BCUT2D eigenvalue weighted by molar-refractivity contribution is 0.102. The van der Waals surface area contributed by atoms with Gasteiger partial charge in [-0.25, -0.2) is 4.98 Å². The molecule has 3 aromatic rings. The third-order valence-corrected chi connectivity index (χ3v) is 7.51. The van der Waals surface area contributed by atoms with E-state index in [0.29, 0.717) is 5.13 Å². The summed E-state index contributed by atoms with van der Waals surface area (Å²) in [7, 11) is 0. The number of amides is 1. The summed E-state index contributed by atoms with van der Waals surface area (Å²) in [5.74, 6) is 0.722. The number of carbonyl (C=O) groups excluding carboxylic acids is 1. The average molecular weight is 417 g/mol. The Morgan fingerprint density at radius 1 is 1.37 bits per heavy atom. The molecule has 0 spiro atoms. The fraction of sp³-hybridized carbons (Fsp3) is 0.333. The van der Waals surface area contributed by atoms with Crippen LogP contribution >= 0.6 is 34.3 Å². The zero-order valence-electron chi connectivity index (χ0n) is 15.1. The quantitative estimate of drug-likeness (QED) is 0.536. The Morgan fingerprint density at radius 2 is 2.22 bits per heavy atom. The van der Waals surface area contributed by atoms with Crippen LogP contribution in [0.3, 0.4) is 0 Å². The summed E-state index contributed by atoms with van der Waals surface area (Å²) in [6, 6.07) is 7.81. The average Bonchev–Trinajstić information content (AvgIpc) is 3.29. The number of fused-ring (bicyclic) bond motifs is 1. The zero-order valence-corrected chi connectivity index (χ0v) is 17.5. The SMILES string of the molecule is CCC1CCc2c(C(=O)Nc3ncc(Cc4ccccc4Cl)s3)csc2C1. The van der Waals surface area contributed by atoms with Crippen LogP contribution in [0.1, 0.15) is 51.0 Å². The summed E-state index contributed by atoms with van der Waals surface area (Å²) in [4.78, 5) is 19.6. The highest BCUT2D eigenvalue weighted by Crippen LogP contribution is 2.34. The van der Waals surface area contributed by atoms with Crippen molar-refractivity contribution in [2.45, 2.75) is 39.0 Å². The minimum absolute atomic E-state index is 0.0407. The van der Waals surface area contributed by atoms with Crippen molar-refractivity contribution < 1.29 is 4.79 Å². The lowest BCUT2D eigenvalue weighted by Crippen LogP contribution is -2.17. The standard InChI is InChI=1S/C21H21ClN2OS2/c1-2-13-7-8-16-17(12-26-19(16)9-13)20(25)24-21-23-11-15(27-21)10-14-5-3-4-6-18(14)22/h3-6,11-13H,2,7-10H2,1H3,(H,23,24,25). The van der Waals surface area contributed by atoms with Crippen LogP contribution in [0.5, 0.6) is 0 Å². The molecule has 1 aromatic carbocycles. The molecular weight excluding hydrogens is 396 g/mol. The van der Waals surface area contributed by atoms with E-state index in [2.05, 4.69) is 17.2 Å². The molecule has 0 saturated carbocycles. The van der Waals surface area contributed by atoms with Crippen LogP contribution in [0.2, 0.25) is 5.02 Å². The number of aromatic nitrogens is 1. The highest BCUT2D eigenvalue weighted by atomic mass is 35.5. The van der Waals surface area contributed by atoms with E-state index >= 15 is 0 Å². The number of hydrogen-bond donors (Lipinski definition) is 1. The Balaban J connectivity index is 1.45. The summed E-state index contributed by atoms with van der Waals surface area (Å²) in [5, 5.41) is 6.39. The van der Waals surface area contributed by atoms with Crippen LogP contribution in [0.15, 0.2) is 35.8 Å². The van der Waals surface area contributed by atoms with E-state index in [1.807, 2.05) is 35.8 Å². The van der Waals surface area contributed by atoms with Gasteiger partial charge in [0.25, 0.3) is 5.91 Å². The summed E-state index contributed by atoms with van der Waals surface area (Å²) in [6.07, 6.45) is 7.06. The van der Waals surface area contributed by atoms with Crippen molar-refractivity contribution in [1.82, 2.24) is 4.98 Å². The Kier molecular flexibility index (Phi) is 5.62. The van der Waals surface area contributed by atoms with Crippen LogP contribution in [0, 0.1) is 5.92 Å². The molecule has 1 aliphatic rings. The van der Waals surface area contributed by atoms with Gasteiger partial charge in [-0.15, -0.1) is 22.7 Å². The predicted octanol–water partition coefficient (Wildman–Crippen LogP) is 6.22. The molecule has 0 saturated heterocycles. The summed E-state index contributed by atoms with van der Waals surface area (Å²) in [5.41, 5.74) is 3.14. The first-order valence-corrected chi connectivity index (χ1v) is 11.3. The minimum atomic E-state index is -0.0407. The van der Waals surface area contributed by atoms with E-state index in [0.717, 1.165) is 46.2 Å². The van der Waals surface area contributed by atoms with Gasteiger partial charge < -0.3 is 0 Å². The van der Waals surface area contributed by atoms with Gasteiger partial charge in [0.2, 0.25) is 0 Å². The van der Waals surface area contributed by atoms with Gasteiger partial charge in [0, 0.05) is 32.8 Å². The molecule has 0 aliphatic heterocycles. The van der Waals surface area contributed by atoms with E-state index in [4.69, 9.17) is 11.6 Å². The van der Waals surface area contributed by atoms with Crippen molar-refractivity contribution in [3.05, 3.63) is 67.3 Å². The fourth-order valence-corrected chi connectivity index (χ4v) is 5.79. The predicted molar refractivity (Wildman–Crippen MR) is 114 cm³/mol. The van der Waals surface area contributed by atoms with Crippen LogP contribution < -0.4 is 5.32 Å². The highest BCUT2D eigenvalue weighted by molar-refractivity contribution is 7.15. The molecule has 3 nitrogen and oxygen atoms in total. The van der Waals surface area contributed by atoms with Gasteiger partial charge in [0.1, 0.15) is 0 Å². The fourth-order valence-electron chi connectivity index (χ4n) is 3.56. The van der Waals surface area contributed by atoms with Crippen molar-refractivity contribution in [3.63, 3.8) is 0 Å². The third-order valence-electron chi connectivity index (χ3n) is 5.18. The molecule has 27 heavy (non-hydrogen) atoms. The molecule has 6 heteroatoms. The zero-order chi connectivity index (χ0) is 18.8. The third kappa shape index (κ3) is 4.10. The van der Waals surface area contributed by atoms with Crippen molar-refractivity contribution in [1.29, 1.82) is 0 Å². The second-order valence-electron chi connectivity index (χ2n) is 6.92. The summed E-state index contributed by atoms with van der Waals surface area (Å²) < 4.78 is 0. The first-order valence-electron chi connectivity index (χ1n) is 9.22. The molecule has 2 heterocycles. The topological polar surface area (TPSA) is 42.0 Å². The van der Waals surface area contributed by atoms with Gasteiger partial charge in [-0.3, -0.25) is 10.1 Å². The first-order chi connectivity index (χ1) is 13.1. The summed E-state index contributed by atoms with van der Waals surface area (Å²) in [6.45, 7) is 2.25. The molecule has 1 aliphatic carbocycles. The van der Waals surface area contributed by atoms with E-state index in [9.17, 15) is 4.79 Å². The number of thiazole rings is 1. The highest BCUT2D eigenvalue weighted by Gasteiger charge is 2.24. The van der Waals surface area contributed by atoms with Gasteiger partial charge in [-0.1, -0.05) is 43.1 Å². The Hall–Kier alpha value is -1.69. The number of nitrogens with zero attached hydrogens (tertiary/aromatic N) is 1. The Bertz CT molecular complexity index is 963. The number of carbonyl (C=O) groups is 1. The smallest absolute Gasteiger partial charge is 0.258 e. The Morgan fingerprint density at radius 3 is 3.04 bits per heavy atom. The number of nitrogens with one attached hydrogen (secondary N) is 1. The molecular formula is C21H21ClN2OS2. The van der Waals surface area contributed by atoms with Crippen molar-refractivity contribution in [2.75, 3.05) is 5.32 Å². The molecule has 2 aromatic heterocycles. The number of anilines is 1. The number of thiophene rings is 1. The van der Waals surface area contributed by atoms with Gasteiger partial charge in [-0.05, 0) is 42.4 Å². The van der Waals surface area contributed by atoms with E-state index in [1.165, 1.54) is 34.6 Å². The Labute approximate surface area is 172 Å². The van der Waals surface area contributed by atoms with Crippen molar-refractivity contribution in [2.24, 2.45) is 5.92 Å². The van der Waals surface area contributed by atoms with E-state index < -0.39 is 0 Å². The number of benzene rings is 1. The molecule has 4 rings (SSSR count). The monoisotopic (exact) mass is 416 g/mol. The molecule has 0 bridgehead atoms. The summed E-state index contributed by atoms with van der Waals surface area (Å²) >= 11 is 9.47. The number of halogens is 1. The van der Waals surface area contributed by atoms with E-state index in [-0.39, 0.29) is 5.91 Å². The first kappa shape index (κ1) is 18.7.